The van der Waals surface area contributed by atoms with E-state index in [1.807, 2.05) is 0 Å². The lowest BCUT2D eigenvalue weighted by atomic mass is 10.1. The molecule has 0 aliphatic heterocycles. The second kappa shape index (κ2) is 12.4. The van der Waals surface area contributed by atoms with E-state index < -0.39 is 23.6 Å². The molecule has 0 aliphatic carbocycles. The molecule has 3 rings (SSSR count). The van der Waals surface area contributed by atoms with Crippen LogP contribution >= 0.6 is 12.2 Å². The number of hydrogen-bond acceptors (Lipinski definition) is 4. The van der Waals surface area contributed by atoms with E-state index in [0.29, 0.717) is 29.5 Å². The van der Waals surface area contributed by atoms with Crippen LogP contribution in [0.1, 0.15) is 46.5 Å². The molecule has 0 aliphatic rings. The van der Waals surface area contributed by atoms with Crippen molar-refractivity contribution in [3.63, 3.8) is 0 Å². The van der Waals surface area contributed by atoms with Crippen LogP contribution in [0.4, 0.5) is 24.5 Å². The van der Waals surface area contributed by atoms with Gasteiger partial charge in [-0.3, -0.25) is 14.9 Å². The van der Waals surface area contributed by atoms with Gasteiger partial charge in [-0.2, -0.15) is 13.2 Å². The fraction of sp³-hybridized carbons (Fsp3) is 0.222. The first-order chi connectivity index (χ1) is 17.5. The molecule has 0 saturated carbocycles. The number of thiocarbonyl (C=S) groups is 1. The number of nitrogens with one attached hydrogen (secondary N) is 3. The molecule has 6 nitrogen and oxygen atoms in total. The lowest BCUT2D eigenvalue weighted by molar-refractivity contribution is -0.137. The Morgan fingerprint density at radius 3 is 2.27 bits per heavy atom. The average Bonchev–Trinajstić information content (AvgIpc) is 2.84. The van der Waals surface area contributed by atoms with Crippen molar-refractivity contribution < 1.29 is 27.5 Å². The summed E-state index contributed by atoms with van der Waals surface area (Å²) in [6.07, 6.45) is -3.66. The van der Waals surface area contributed by atoms with E-state index in [9.17, 15) is 22.8 Å². The van der Waals surface area contributed by atoms with E-state index in [1.165, 1.54) is 24.3 Å². The van der Waals surface area contributed by atoms with E-state index in [1.54, 1.807) is 36.4 Å². The van der Waals surface area contributed by atoms with Gasteiger partial charge >= 0.3 is 6.18 Å². The predicted octanol–water partition coefficient (Wildman–Crippen LogP) is 6.51. The highest BCUT2D eigenvalue weighted by Gasteiger charge is 2.30. The Morgan fingerprint density at radius 2 is 1.59 bits per heavy atom. The summed E-state index contributed by atoms with van der Waals surface area (Å²) in [5, 5.41) is 7.96. The first kappa shape index (κ1) is 27.7. The third-order valence-corrected chi connectivity index (χ3v) is 5.37. The van der Waals surface area contributed by atoms with Gasteiger partial charge in [0.2, 0.25) is 0 Å². The van der Waals surface area contributed by atoms with Crippen molar-refractivity contribution in [2.24, 2.45) is 5.92 Å². The van der Waals surface area contributed by atoms with Crippen molar-refractivity contribution >= 4 is 40.5 Å². The highest BCUT2D eigenvalue weighted by molar-refractivity contribution is 7.80. The fourth-order valence-electron chi connectivity index (χ4n) is 3.20. The van der Waals surface area contributed by atoms with Gasteiger partial charge in [0.1, 0.15) is 5.75 Å². The number of benzene rings is 3. The van der Waals surface area contributed by atoms with E-state index >= 15 is 0 Å². The Hall–Kier alpha value is -3.92. The van der Waals surface area contributed by atoms with Crippen molar-refractivity contribution in [3.05, 3.63) is 89.5 Å². The smallest absolute Gasteiger partial charge is 0.416 e. The van der Waals surface area contributed by atoms with E-state index in [-0.39, 0.29) is 16.4 Å². The zero-order valence-electron chi connectivity index (χ0n) is 20.2. The molecule has 0 bridgehead atoms. The number of ether oxygens (including phenoxy) is 1. The van der Waals surface area contributed by atoms with Crippen molar-refractivity contribution in [3.8, 4) is 5.75 Å². The molecule has 3 aromatic carbocycles. The molecule has 0 unspecified atom stereocenters. The maximum Gasteiger partial charge on any atom is 0.416 e. The normalized spacial score (nSPS) is 11.1. The van der Waals surface area contributed by atoms with Crippen LogP contribution in [-0.4, -0.2) is 23.5 Å². The second-order valence-corrected chi connectivity index (χ2v) is 8.95. The summed E-state index contributed by atoms with van der Waals surface area (Å²) in [6, 6.07) is 17.3. The maximum atomic E-state index is 12.9. The molecule has 0 aromatic heterocycles. The van der Waals surface area contributed by atoms with Crippen molar-refractivity contribution in [1.82, 2.24) is 5.32 Å². The van der Waals surface area contributed by atoms with Gasteiger partial charge in [-0.05, 0) is 79.2 Å². The Morgan fingerprint density at radius 1 is 0.892 bits per heavy atom. The SMILES string of the molecule is CC(C)CCOc1ccccc1C(=O)NC(=S)Nc1ccc(C(=O)Nc2cccc(C(F)(F)F)c2)cc1. The summed E-state index contributed by atoms with van der Waals surface area (Å²) in [5.41, 5.74) is 0.245. The monoisotopic (exact) mass is 529 g/mol. The van der Waals surface area contributed by atoms with Gasteiger partial charge in [-0.25, -0.2) is 0 Å². The number of rotatable bonds is 8. The minimum atomic E-state index is -4.51. The van der Waals surface area contributed by atoms with Crippen molar-refractivity contribution in [1.29, 1.82) is 0 Å². The molecule has 194 valence electrons. The van der Waals surface area contributed by atoms with Gasteiger partial charge in [-0.15, -0.1) is 0 Å². The molecular weight excluding hydrogens is 503 g/mol. The number of hydrogen-bond donors (Lipinski definition) is 3. The van der Waals surface area contributed by atoms with Crippen LogP contribution in [0.5, 0.6) is 5.75 Å². The number of halogens is 3. The van der Waals surface area contributed by atoms with Gasteiger partial charge in [0.05, 0.1) is 17.7 Å². The lowest BCUT2D eigenvalue weighted by Gasteiger charge is -2.14. The molecular formula is C27H26F3N3O3S. The zero-order valence-corrected chi connectivity index (χ0v) is 21.0. The second-order valence-electron chi connectivity index (χ2n) is 8.55. The minimum Gasteiger partial charge on any atom is -0.493 e. The number of para-hydroxylation sites is 1. The number of alkyl halides is 3. The van der Waals surface area contributed by atoms with Crippen LogP contribution in [0.2, 0.25) is 0 Å². The van der Waals surface area contributed by atoms with Crippen LogP contribution in [-0.2, 0) is 6.18 Å². The van der Waals surface area contributed by atoms with Gasteiger partial charge in [0, 0.05) is 16.9 Å². The van der Waals surface area contributed by atoms with E-state index in [2.05, 4.69) is 29.8 Å². The summed E-state index contributed by atoms with van der Waals surface area (Å²) >= 11 is 5.24. The number of carbonyl (C=O) groups excluding carboxylic acids is 2. The maximum absolute atomic E-state index is 12.9. The van der Waals surface area contributed by atoms with Crippen LogP contribution in [0.15, 0.2) is 72.8 Å². The number of anilines is 2. The van der Waals surface area contributed by atoms with Crippen LogP contribution < -0.4 is 20.7 Å². The third-order valence-electron chi connectivity index (χ3n) is 5.16. The Bertz CT molecular complexity index is 1260. The standard InChI is InChI=1S/C27H26F3N3O3S/c1-17(2)14-15-36-23-9-4-3-8-22(23)25(35)33-26(37)32-20-12-10-18(11-13-20)24(34)31-21-7-5-6-19(16-21)27(28,29)30/h3-13,16-17H,14-15H2,1-2H3,(H,31,34)(H2,32,33,35,37). The predicted molar refractivity (Wildman–Crippen MR) is 141 cm³/mol. The molecule has 0 atom stereocenters. The highest BCUT2D eigenvalue weighted by atomic mass is 32.1. The van der Waals surface area contributed by atoms with E-state index in [0.717, 1.165) is 18.6 Å². The summed E-state index contributed by atoms with van der Waals surface area (Å²) in [6.45, 7) is 4.65. The average molecular weight is 530 g/mol. The third kappa shape index (κ3) is 8.32. The molecule has 0 spiro atoms. The Kier molecular flexibility index (Phi) is 9.24. The van der Waals surface area contributed by atoms with Crippen molar-refractivity contribution in [2.75, 3.05) is 17.2 Å². The quantitative estimate of drug-likeness (QED) is 0.290. The molecule has 37 heavy (non-hydrogen) atoms. The highest BCUT2D eigenvalue weighted by Crippen LogP contribution is 2.30. The Labute approximate surface area is 218 Å². The largest absolute Gasteiger partial charge is 0.493 e. The molecule has 0 fully saturated rings. The van der Waals surface area contributed by atoms with Crippen LogP contribution in [0.25, 0.3) is 0 Å². The van der Waals surface area contributed by atoms with Gasteiger partial charge in [0.25, 0.3) is 11.8 Å². The van der Waals surface area contributed by atoms with Crippen LogP contribution in [0.3, 0.4) is 0 Å². The number of amides is 2. The van der Waals surface area contributed by atoms with E-state index in [4.69, 9.17) is 17.0 Å². The summed E-state index contributed by atoms with van der Waals surface area (Å²) in [7, 11) is 0. The Balaban J connectivity index is 1.57. The summed E-state index contributed by atoms with van der Waals surface area (Å²) < 4.78 is 44.4. The lowest BCUT2D eigenvalue weighted by Crippen LogP contribution is -2.34. The summed E-state index contributed by atoms with van der Waals surface area (Å²) in [5.74, 6) is -0.0824. The molecule has 10 heteroatoms. The number of carbonyl (C=O) groups is 2. The molecule has 3 aromatic rings. The van der Waals surface area contributed by atoms with Crippen molar-refractivity contribution in [2.45, 2.75) is 26.4 Å². The zero-order chi connectivity index (χ0) is 27.0. The topological polar surface area (TPSA) is 79.5 Å². The minimum absolute atomic E-state index is 0.0272. The molecule has 0 heterocycles. The summed E-state index contributed by atoms with van der Waals surface area (Å²) in [4.78, 5) is 25.2. The van der Waals surface area contributed by atoms with Gasteiger partial charge in [-0.1, -0.05) is 32.0 Å². The van der Waals surface area contributed by atoms with Gasteiger partial charge < -0.3 is 15.4 Å². The fourth-order valence-corrected chi connectivity index (χ4v) is 3.41. The molecule has 2 amide bonds. The molecule has 0 radical (unpaired) electrons. The first-order valence-corrected chi connectivity index (χ1v) is 11.9. The van der Waals surface area contributed by atoms with Crippen LogP contribution in [0, 0.1) is 5.92 Å². The first-order valence-electron chi connectivity index (χ1n) is 11.5. The molecule has 0 saturated heterocycles. The van der Waals surface area contributed by atoms with Gasteiger partial charge in [0.15, 0.2) is 5.11 Å². The molecule has 3 N–H and O–H groups in total.